The highest BCUT2D eigenvalue weighted by atomic mass is 35.5. The van der Waals surface area contributed by atoms with Gasteiger partial charge in [-0.2, -0.15) is 0 Å². The van der Waals surface area contributed by atoms with E-state index >= 15 is 0 Å². The lowest BCUT2D eigenvalue weighted by Crippen LogP contribution is -2.18. The summed E-state index contributed by atoms with van der Waals surface area (Å²) in [4.78, 5) is 20.8. The molecule has 4 aromatic rings. The molecule has 0 atom stereocenters. The third-order valence-corrected chi connectivity index (χ3v) is 7.37. The molecule has 0 saturated carbocycles. The summed E-state index contributed by atoms with van der Waals surface area (Å²) in [5.74, 6) is -1.06. The van der Waals surface area contributed by atoms with Gasteiger partial charge in [0.2, 0.25) is 0 Å². The summed E-state index contributed by atoms with van der Waals surface area (Å²) in [6.07, 6.45) is 4.43. The van der Waals surface area contributed by atoms with Gasteiger partial charge < -0.3 is 5.32 Å². The molecule has 1 saturated heterocycles. The fourth-order valence-electron chi connectivity index (χ4n) is 4.33. The molecule has 1 fully saturated rings. The lowest BCUT2D eigenvalue weighted by Gasteiger charge is -2.15. The summed E-state index contributed by atoms with van der Waals surface area (Å²) >= 11 is 7.35. The lowest BCUT2D eigenvalue weighted by molar-refractivity contribution is 0.102. The lowest BCUT2D eigenvalue weighted by atomic mass is 10.1. The number of nitrogens with zero attached hydrogens (tertiary/aromatic N) is 2. The third kappa shape index (κ3) is 4.64. The summed E-state index contributed by atoms with van der Waals surface area (Å²) < 4.78 is 15.4. The zero-order valence-electron chi connectivity index (χ0n) is 18.2. The van der Waals surface area contributed by atoms with Gasteiger partial charge in [-0.25, -0.2) is 4.39 Å². The van der Waals surface area contributed by atoms with Gasteiger partial charge in [-0.15, -0.1) is 11.3 Å². The molecule has 33 heavy (non-hydrogen) atoms. The predicted molar refractivity (Wildman–Crippen MR) is 134 cm³/mol. The highest BCUT2D eigenvalue weighted by Gasteiger charge is 2.17. The largest absolute Gasteiger partial charge is 0.322 e. The van der Waals surface area contributed by atoms with Crippen molar-refractivity contribution in [2.45, 2.75) is 26.3 Å². The van der Waals surface area contributed by atoms with Crippen LogP contribution in [0.2, 0.25) is 4.34 Å². The van der Waals surface area contributed by atoms with Crippen LogP contribution in [-0.4, -0.2) is 28.9 Å². The van der Waals surface area contributed by atoms with E-state index in [1.54, 1.807) is 12.1 Å². The number of anilines is 1. The number of amides is 1. The van der Waals surface area contributed by atoms with Crippen LogP contribution in [0.3, 0.4) is 0 Å². The first-order chi connectivity index (χ1) is 16.0. The molecule has 5 rings (SSSR count). The summed E-state index contributed by atoms with van der Waals surface area (Å²) in [5, 5.41) is 3.89. The van der Waals surface area contributed by atoms with Crippen LogP contribution < -0.4 is 5.32 Å². The number of likely N-dealkylation sites (tertiary alicyclic amines) is 1. The Morgan fingerprint density at radius 2 is 1.97 bits per heavy atom. The van der Waals surface area contributed by atoms with Crippen molar-refractivity contribution in [3.63, 3.8) is 0 Å². The standard InChI is InChI=1S/C26H23ClFN3OS/c1-16-22(7-5-19-12-17(14-29-25(16)19)15-31-10-2-3-11-31)30-26(32)20-6-4-18(13-21(20)28)23-8-9-24(27)33-23/h4-9,12-14H,2-3,10-11,15H2,1H3,(H,30,32). The molecule has 1 aliphatic rings. The van der Waals surface area contributed by atoms with Crippen molar-refractivity contribution in [3.8, 4) is 10.4 Å². The molecule has 2 aromatic heterocycles. The van der Waals surface area contributed by atoms with E-state index in [0.29, 0.717) is 15.6 Å². The summed E-state index contributed by atoms with van der Waals surface area (Å²) in [7, 11) is 0. The number of thiophene rings is 1. The number of aryl methyl sites for hydroxylation is 1. The van der Waals surface area contributed by atoms with Crippen molar-refractivity contribution in [2.75, 3.05) is 18.4 Å². The van der Waals surface area contributed by atoms with Gasteiger partial charge in [0.25, 0.3) is 5.91 Å². The predicted octanol–water partition coefficient (Wildman–Crippen LogP) is 6.91. The average molecular weight is 480 g/mol. The van der Waals surface area contributed by atoms with Gasteiger partial charge in [-0.1, -0.05) is 23.7 Å². The first-order valence-electron chi connectivity index (χ1n) is 10.9. The Bertz CT molecular complexity index is 1350. The van der Waals surface area contributed by atoms with Crippen LogP contribution in [0.25, 0.3) is 21.3 Å². The van der Waals surface area contributed by atoms with Crippen LogP contribution in [0.4, 0.5) is 10.1 Å². The topological polar surface area (TPSA) is 45.2 Å². The number of aromatic nitrogens is 1. The molecule has 3 heterocycles. The van der Waals surface area contributed by atoms with Crippen LogP contribution in [0, 0.1) is 12.7 Å². The molecule has 1 aliphatic heterocycles. The van der Waals surface area contributed by atoms with Crippen LogP contribution in [0.15, 0.2) is 54.7 Å². The second-order valence-corrected chi connectivity index (χ2v) is 10.1. The van der Waals surface area contributed by atoms with Crippen LogP contribution >= 0.6 is 22.9 Å². The maximum atomic E-state index is 14.8. The number of halogens is 2. The van der Waals surface area contributed by atoms with E-state index in [2.05, 4.69) is 21.3 Å². The quantitative estimate of drug-likeness (QED) is 0.338. The van der Waals surface area contributed by atoms with Crippen LogP contribution in [0.1, 0.15) is 34.3 Å². The van der Waals surface area contributed by atoms with Gasteiger partial charge >= 0.3 is 0 Å². The summed E-state index contributed by atoms with van der Waals surface area (Å²) in [6, 6.07) is 14.2. The van der Waals surface area contributed by atoms with Gasteiger partial charge in [0.1, 0.15) is 5.82 Å². The Morgan fingerprint density at radius 3 is 2.70 bits per heavy atom. The number of rotatable bonds is 5. The van der Waals surface area contributed by atoms with Crippen molar-refractivity contribution in [2.24, 2.45) is 0 Å². The third-order valence-electron chi connectivity index (χ3n) is 6.09. The van der Waals surface area contributed by atoms with Crippen molar-refractivity contribution in [1.82, 2.24) is 9.88 Å². The summed E-state index contributed by atoms with van der Waals surface area (Å²) in [6.45, 7) is 5.11. The van der Waals surface area contributed by atoms with Gasteiger partial charge in [-0.3, -0.25) is 14.7 Å². The number of carbonyl (C=O) groups is 1. The highest BCUT2D eigenvalue weighted by Crippen LogP contribution is 2.32. The van der Waals surface area contributed by atoms with Crippen molar-refractivity contribution < 1.29 is 9.18 Å². The molecule has 168 valence electrons. The second kappa shape index (κ2) is 9.21. The Morgan fingerprint density at radius 1 is 1.15 bits per heavy atom. The number of nitrogens with one attached hydrogen (secondary N) is 1. The van der Waals surface area contributed by atoms with E-state index < -0.39 is 11.7 Å². The SMILES string of the molecule is Cc1c(NC(=O)c2ccc(-c3ccc(Cl)s3)cc2F)ccc2cc(CN3CCCC3)cnc12. The number of pyridine rings is 1. The fraction of sp³-hybridized carbons (Fsp3) is 0.231. The van der Waals surface area contributed by atoms with Crippen molar-refractivity contribution in [3.05, 3.63) is 81.6 Å². The van der Waals surface area contributed by atoms with E-state index in [4.69, 9.17) is 11.6 Å². The van der Waals surface area contributed by atoms with E-state index in [1.807, 2.05) is 31.3 Å². The monoisotopic (exact) mass is 479 g/mol. The minimum Gasteiger partial charge on any atom is -0.322 e. The van der Waals surface area contributed by atoms with Gasteiger partial charge in [0, 0.05) is 28.7 Å². The highest BCUT2D eigenvalue weighted by molar-refractivity contribution is 7.19. The van der Waals surface area contributed by atoms with E-state index in [1.165, 1.54) is 41.9 Å². The summed E-state index contributed by atoms with van der Waals surface area (Å²) in [5.41, 5.74) is 4.20. The number of hydrogen-bond donors (Lipinski definition) is 1. The second-order valence-electron chi connectivity index (χ2n) is 8.39. The molecule has 0 bridgehead atoms. The van der Waals surface area contributed by atoms with E-state index in [-0.39, 0.29) is 5.56 Å². The van der Waals surface area contributed by atoms with Crippen molar-refractivity contribution >= 4 is 45.4 Å². The van der Waals surface area contributed by atoms with Crippen LogP contribution in [-0.2, 0) is 6.54 Å². The maximum absolute atomic E-state index is 14.8. The molecular weight excluding hydrogens is 457 g/mol. The molecule has 0 unspecified atom stereocenters. The molecule has 0 aliphatic carbocycles. The minimum atomic E-state index is -0.572. The average Bonchev–Trinajstić information content (AvgIpc) is 3.47. The first-order valence-corrected chi connectivity index (χ1v) is 12.1. The normalized spacial score (nSPS) is 14.2. The maximum Gasteiger partial charge on any atom is 0.258 e. The Hall–Kier alpha value is -2.80. The zero-order valence-corrected chi connectivity index (χ0v) is 19.8. The molecule has 4 nitrogen and oxygen atoms in total. The molecule has 7 heteroatoms. The molecular formula is C26H23ClFN3OS. The molecule has 2 aromatic carbocycles. The number of benzene rings is 2. The molecule has 1 N–H and O–H groups in total. The Labute approximate surface area is 201 Å². The number of carbonyl (C=O) groups excluding carboxylic acids is 1. The number of hydrogen-bond acceptors (Lipinski definition) is 4. The molecule has 0 radical (unpaired) electrons. The molecule has 1 amide bonds. The minimum absolute atomic E-state index is 0.00480. The fourth-order valence-corrected chi connectivity index (χ4v) is 5.37. The molecule has 0 spiro atoms. The van der Waals surface area contributed by atoms with Gasteiger partial charge in [0.15, 0.2) is 0 Å². The first kappa shape index (κ1) is 22.0. The smallest absolute Gasteiger partial charge is 0.258 e. The van der Waals surface area contributed by atoms with Crippen LogP contribution in [0.5, 0.6) is 0 Å². The van der Waals surface area contributed by atoms with Gasteiger partial charge in [-0.05, 0) is 85.9 Å². The zero-order chi connectivity index (χ0) is 22.9. The Balaban J connectivity index is 1.36. The van der Waals surface area contributed by atoms with E-state index in [0.717, 1.165) is 41.0 Å². The Kier molecular flexibility index (Phi) is 6.15. The number of fused-ring (bicyclic) bond motifs is 1. The van der Waals surface area contributed by atoms with Gasteiger partial charge in [0.05, 0.1) is 15.4 Å². The van der Waals surface area contributed by atoms with Crippen molar-refractivity contribution in [1.29, 1.82) is 0 Å². The van der Waals surface area contributed by atoms with E-state index in [9.17, 15) is 9.18 Å².